The third-order valence-electron chi connectivity index (χ3n) is 3.16. The lowest BCUT2D eigenvalue weighted by molar-refractivity contribution is 0.392. The van der Waals surface area contributed by atoms with Crippen LogP contribution in [0.3, 0.4) is 0 Å². The predicted octanol–water partition coefficient (Wildman–Crippen LogP) is 0.599. The lowest BCUT2D eigenvalue weighted by Gasteiger charge is -2.26. The van der Waals surface area contributed by atoms with E-state index in [0.29, 0.717) is 11.6 Å². The summed E-state index contributed by atoms with van der Waals surface area (Å²) in [5, 5.41) is 28.4. The average Bonchev–Trinajstić information content (AvgIpc) is 3.04. The molecule has 2 N–H and O–H groups in total. The Kier molecular flexibility index (Phi) is 3.40. The van der Waals surface area contributed by atoms with Gasteiger partial charge in [-0.05, 0) is 33.7 Å². The second-order valence-electron chi connectivity index (χ2n) is 4.04. The van der Waals surface area contributed by atoms with E-state index >= 15 is 0 Å². The molecule has 2 heterocycles. The monoisotopic (exact) mass is 236 g/mol. The maximum atomic E-state index is 4.04. The van der Waals surface area contributed by atoms with E-state index in [1.54, 1.807) is 0 Å². The topological polar surface area (TPSA) is 109 Å². The molecule has 17 heavy (non-hydrogen) atoms. The van der Waals surface area contributed by atoms with Crippen LogP contribution in [-0.4, -0.2) is 41.2 Å². The lowest BCUT2D eigenvalue weighted by atomic mass is 9.78. The number of rotatable bonds is 6. The van der Waals surface area contributed by atoms with Crippen LogP contribution in [0.4, 0.5) is 0 Å². The number of hydrogen-bond donors (Lipinski definition) is 2. The summed E-state index contributed by atoms with van der Waals surface area (Å²) in [6.45, 7) is 4.23. The Bertz CT molecular complexity index is 386. The van der Waals surface area contributed by atoms with Gasteiger partial charge in [0.05, 0.1) is 5.41 Å². The molecule has 8 nitrogen and oxygen atoms in total. The van der Waals surface area contributed by atoms with Crippen LogP contribution in [0, 0.1) is 0 Å². The van der Waals surface area contributed by atoms with Gasteiger partial charge in [0.15, 0.2) is 11.6 Å². The molecule has 0 aliphatic rings. The normalized spacial score (nSPS) is 11.9. The summed E-state index contributed by atoms with van der Waals surface area (Å²) >= 11 is 0. The number of nitrogens with zero attached hydrogens (tertiary/aromatic N) is 6. The van der Waals surface area contributed by atoms with E-state index in [4.69, 9.17) is 0 Å². The van der Waals surface area contributed by atoms with Crippen LogP contribution in [0.15, 0.2) is 0 Å². The maximum Gasteiger partial charge on any atom is 0.162 e. The summed E-state index contributed by atoms with van der Waals surface area (Å²) in [6.07, 6.45) is 3.91. The van der Waals surface area contributed by atoms with Crippen LogP contribution in [0.1, 0.15) is 51.2 Å². The highest BCUT2D eigenvalue weighted by molar-refractivity contribution is 5.18. The van der Waals surface area contributed by atoms with Crippen LogP contribution < -0.4 is 0 Å². The molecule has 0 amide bonds. The van der Waals surface area contributed by atoms with E-state index in [-0.39, 0.29) is 5.41 Å². The average molecular weight is 236 g/mol. The minimum atomic E-state index is -0.344. The Morgan fingerprint density at radius 3 is 1.94 bits per heavy atom. The van der Waals surface area contributed by atoms with Gasteiger partial charge in [-0.1, -0.05) is 26.7 Å². The van der Waals surface area contributed by atoms with Crippen molar-refractivity contribution >= 4 is 0 Å². The minimum Gasteiger partial charge on any atom is -0.242 e. The minimum absolute atomic E-state index is 0.344. The van der Waals surface area contributed by atoms with Gasteiger partial charge in [-0.3, -0.25) is 0 Å². The third-order valence-corrected chi connectivity index (χ3v) is 3.16. The van der Waals surface area contributed by atoms with E-state index in [1.807, 2.05) is 0 Å². The highest BCUT2D eigenvalue weighted by atomic mass is 15.5. The second kappa shape index (κ2) is 4.98. The fraction of sp³-hybridized carbons (Fsp3) is 0.778. The van der Waals surface area contributed by atoms with Gasteiger partial charge in [0, 0.05) is 0 Å². The summed E-state index contributed by atoms with van der Waals surface area (Å²) in [7, 11) is 0. The van der Waals surface area contributed by atoms with Crippen molar-refractivity contribution in [2.75, 3.05) is 0 Å². The highest BCUT2D eigenvalue weighted by Gasteiger charge is 2.38. The van der Waals surface area contributed by atoms with Crippen LogP contribution in [0.25, 0.3) is 0 Å². The van der Waals surface area contributed by atoms with Gasteiger partial charge in [-0.25, -0.2) is 10.2 Å². The zero-order valence-corrected chi connectivity index (χ0v) is 10.0. The number of unbranched alkanes of at least 4 members (excludes halogenated alkanes) is 1. The van der Waals surface area contributed by atoms with E-state index in [9.17, 15) is 0 Å². The second-order valence-corrected chi connectivity index (χ2v) is 4.04. The molecule has 0 bridgehead atoms. The molecule has 0 aliphatic heterocycles. The molecule has 2 aromatic heterocycles. The first-order valence-corrected chi connectivity index (χ1v) is 5.82. The molecular weight excluding hydrogens is 220 g/mol. The number of tetrazole rings is 2. The number of aromatic amines is 2. The largest absolute Gasteiger partial charge is 0.242 e. The van der Waals surface area contributed by atoms with Crippen molar-refractivity contribution in [3.8, 4) is 0 Å². The number of nitrogens with one attached hydrogen (secondary N) is 2. The molecule has 0 radical (unpaired) electrons. The van der Waals surface area contributed by atoms with E-state index in [1.165, 1.54) is 0 Å². The van der Waals surface area contributed by atoms with E-state index in [0.717, 1.165) is 25.7 Å². The van der Waals surface area contributed by atoms with Gasteiger partial charge in [0.2, 0.25) is 0 Å². The van der Waals surface area contributed by atoms with Crippen LogP contribution in [0.5, 0.6) is 0 Å². The van der Waals surface area contributed by atoms with Crippen molar-refractivity contribution in [3.05, 3.63) is 11.6 Å². The smallest absolute Gasteiger partial charge is 0.162 e. The van der Waals surface area contributed by atoms with Crippen molar-refractivity contribution in [2.45, 2.75) is 44.9 Å². The van der Waals surface area contributed by atoms with Crippen LogP contribution in [-0.2, 0) is 5.41 Å². The highest BCUT2D eigenvalue weighted by Crippen LogP contribution is 2.35. The first-order valence-electron chi connectivity index (χ1n) is 5.82. The molecule has 0 aliphatic carbocycles. The summed E-state index contributed by atoms with van der Waals surface area (Å²) in [4.78, 5) is 0. The Balaban J connectivity index is 2.40. The first-order chi connectivity index (χ1) is 8.33. The molecule has 0 spiro atoms. The predicted molar refractivity (Wildman–Crippen MR) is 59.0 cm³/mol. The van der Waals surface area contributed by atoms with Crippen molar-refractivity contribution in [2.24, 2.45) is 0 Å². The van der Waals surface area contributed by atoms with E-state index in [2.05, 4.69) is 55.1 Å². The molecule has 92 valence electrons. The molecule has 0 saturated carbocycles. The molecule has 0 saturated heterocycles. The standard InChI is InChI=1S/C9H16N8/c1-3-5-6-9(4-2,7-10-14-15-11-7)8-12-16-17-13-8/h3-6H2,1-2H3,(H,10,11,14,15)(H,12,13,16,17). The summed E-state index contributed by atoms with van der Waals surface area (Å²) in [5.41, 5.74) is -0.344. The van der Waals surface area contributed by atoms with E-state index < -0.39 is 0 Å². The molecular formula is C9H16N8. The summed E-state index contributed by atoms with van der Waals surface area (Å²) < 4.78 is 0. The van der Waals surface area contributed by atoms with Crippen molar-refractivity contribution in [1.29, 1.82) is 0 Å². The summed E-state index contributed by atoms with van der Waals surface area (Å²) in [6, 6.07) is 0. The van der Waals surface area contributed by atoms with Gasteiger partial charge < -0.3 is 0 Å². The Morgan fingerprint density at radius 1 is 1.00 bits per heavy atom. The third kappa shape index (κ3) is 2.02. The molecule has 0 fully saturated rings. The Hall–Kier alpha value is -1.86. The Morgan fingerprint density at radius 2 is 1.59 bits per heavy atom. The lowest BCUT2D eigenvalue weighted by Crippen LogP contribution is -2.30. The summed E-state index contributed by atoms with van der Waals surface area (Å²) in [5.74, 6) is 1.43. The fourth-order valence-corrected chi connectivity index (χ4v) is 2.06. The zero-order valence-electron chi connectivity index (χ0n) is 10.0. The Labute approximate surface area is 98.6 Å². The van der Waals surface area contributed by atoms with Gasteiger partial charge in [-0.15, -0.1) is 10.2 Å². The molecule has 2 rings (SSSR count). The molecule has 8 heteroatoms. The number of aromatic nitrogens is 8. The van der Waals surface area contributed by atoms with Crippen LogP contribution in [0.2, 0.25) is 0 Å². The molecule has 2 aromatic rings. The van der Waals surface area contributed by atoms with Crippen molar-refractivity contribution in [1.82, 2.24) is 41.2 Å². The SMILES string of the molecule is CCCCC(CC)(c1nnn[nH]1)c1nnn[nH]1. The van der Waals surface area contributed by atoms with Crippen molar-refractivity contribution in [3.63, 3.8) is 0 Å². The number of hydrogen-bond acceptors (Lipinski definition) is 6. The zero-order chi connectivity index (χ0) is 12.1. The number of H-pyrrole nitrogens is 2. The maximum absolute atomic E-state index is 4.04. The quantitative estimate of drug-likeness (QED) is 0.760. The first kappa shape index (κ1) is 11.6. The molecule has 0 aromatic carbocycles. The van der Waals surface area contributed by atoms with Gasteiger partial charge >= 0.3 is 0 Å². The van der Waals surface area contributed by atoms with Gasteiger partial charge in [0.25, 0.3) is 0 Å². The molecule has 0 atom stereocenters. The van der Waals surface area contributed by atoms with Gasteiger partial charge in [0.1, 0.15) is 0 Å². The van der Waals surface area contributed by atoms with Gasteiger partial charge in [-0.2, -0.15) is 0 Å². The molecule has 0 unspecified atom stereocenters. The fourth-order valence-electron chi connectivity index (χ4n) is 2.06. The van der Waals surface area contributed by atoms with Crippen LogP contribution >= 0.6 is 0 Å². The van der Waals surface area contributed by atoms with Crippen molar-refractivity contribution < 1.29 is 0 Å².